The van der Waals surface area contributed by atoms with Gasteiger partial charge in [0.15, 0.2) is 0 Å². The fourth-order valence-electron chi connectivity index (χ4n) is 2.54. The number of nitro groups is 1. The highest BCUT2D eigenvalue weighted by Crippen LogP contribution is 2.36. The van der Waals surface area contributed by atoms with Gasteiger partial charge in [-0.15, -0.1) is 0 Å². The molecular formula is C15H20N2O3. The van der Waals surface area contributed by atoms with Gasteiger partial charge in [-0.05, 0) is 11.3 Å². The van der Waals surface area contributed by atoms with E-state index in [1.807, 2.05) is 0 Å². The largest absolute Gasteiger partial charge is 0.338 e. The number of carbonyl (C=O) groups is 1. The first-order valence-corrected chi connectivity index (χ1v) is 6.81. The summed E-state index contributed by atoms with van der Waals surface area (Å²) in [4.78, 5) is 24.6. The summed E-state index contributed by atoms with van der Waals surface area (Å²) in [5, 5.41) is 11.0. The van der Waals surface area contributed by atoms with Crippen molar-refractivity contribution in [3.8, 4) is 0 Å². The van der Waals surface area contributed by atoms with E-state index in [0.29, 0.717) is 31.0 Å². The molecule has 2 rings (SSSR count). The number of amides is 1. The van der Waals surface area contributed by atoms with Crippen LogP contribution in [0.1, 0.15) is 32.8 Å². The van der Waals surface area contributed by atoms with Gasteiger partial charge in [-0.3, -0.25) is 14.9 Å². The number of carbonyl (C=O) groups excluding carboxylic acids is 1. The van der Waals surface area contributed by atoms with Crippen LogP contribution in [0.2, 0.25) is 0 Å². The Bertz CT molecular complexity index is 540. The number of benzene rings is 1. The van der Waals surface area contributed by atoms with Crippen molar-refractivity contribution in [3.05, 3.63) is 39.9 Å². The molecule has 0 saturated carbocycles. The SMILES string of the molecule is CC1CN(Cc2ccccc2[N+](=O)[O-])C(=O)CC1(C)C. The lowest BCUT2D eigenvalue weighted by molar-refractivity contribution is -0.385. The maximum absolute atomic E-state index is 12.2. The molecule has 5 nitrogen and oxygen atoms in total. The van der Waals surface area contributed by atoms with Crippen LogP contribution in [0.15, 0.2) is 24.3 Å². The van der Waals surface area contributed by atoms with Gasteiger partial charge in [-0.2, -0.15) is 0 Å². The summed E-state index contributed by atoms with van der Waals surface area (Å²) in [5.41, 5.74) is 0.673. The van der Waals surface area contributed by atoms with Crippen LogP contribution in [0.25, 0.3) is 0 Å². The summed E-state index contributed by atoms with van der Waals surface area (Å²) in [6, 6.07) is 6.61. The summed E-state index contributed by atoms with van der Waals surface area (Å²) in [6.07, 6.45) is 0.495. The molecule has 1 aliphatic rings. The lowest BCUT2D eigenvalue weighted by atomic mass is 9.74. The van der Waals surface area contributed by atoms with Crippen LogP contribution in [-0.2, 0) is 11.3 Å². The zero-order valence-electron chi connectivity index (χ0n) is 12.1. The third-order valence-corrected chi connectivity index (χ3v) is 4.34. The van der Waals surface area contributed by atoms with E-state index in [0.717, 1.165) is 0 Å². The van der Waals surface area contributed by atoms with Gasteiger partial charge in [-0.25, -0.2) is 0 Å². The van der Waals surface area contributed by atoms with Crippen molar-refractivity contribution in [2.45, 2.75) is 33.7 Å². The van der Waals surface area contributed by atoms with Crippen LogP contribution >= 0.6 is 0 Å². The Morgan fingerprint density at radius 1 is 1.40 bits per heavy atom. The maximum Gasteiger partial charge on any atom is 0.274 e. The Hall–Kier alpha value is -1.91. The predicted molar refractivity (Wildman–Crippen MR) is 76.1 cm³/mol. The Kier molecular flexibility index (Phi) is 3.79. The Labute approximate surface area is 118 Å². The van der Waals surface area contributed by atoms with Crippen molar-refractivity contribution in [2.24, 2.45) is 11.3 Å². The van der Waals surface area contributed by atoms with Gasteiger partial charge in [-0.1, -0.05) is 39.0 Å². The second-order valence-corrected chi connectivity index (χ2v) is 6.23. The molecule has 0 spiro atoms. The van der Waals surface area contributed by atoms with Crippen molar-refractivity contribution >= 4 is 11.6 Å². The molecule has 1 aromatic rings. The zero-order valence-corrected chi connectivity index (χ0v) is 12.1. The number of rotatable bonds is 3. The minimum Gasteiger partial charge on any atom is -0.338 e. The predicted octanol–water partition coefficient (Wildman–Crippen LogP) is 2.99. The normalized spacial score (nSPS) is 21.9. The number of para-hydroxylation sites is 1. The highest BCUT2D eigenvalue weighted by atomic mass is 16.6. The van der Waals surface area contributed by atoms with E-state index in [1.165, 1.54) is 6.07 Å². The van der Waals surface area contributed by atoms with E-state index in [-0.39, 0.29) is 17.0 Å². The molecule has 5 heteroatoms. The molecule has 0 bridgehead atoms. The average molecular weight is 276 g/mol. The molecular weight excluding hydrogens is 256 g/mol. The van der Waals surface area contributed by atoms with Gasteiger partial charge in [0, 0.05) is 24.6 Å². The summed E-state index contributed by atoms with van der Waals surface area (Å²) >= 11 is 0. The van der Waals surface area contributed by atoms with E-state index in [2.05, 4.69) is 20.8 Å². The molecule has 108 valence electrons. The van der Waals surface area contributed by atoms with Gasteiger partial charge in [0.25, 0.3) is 5.69 Å². The number of nitro benzene ring substituents is 1. The lowest BCUT2D eigenvalue weighted by Crippen LogP contribution is -2.46. The van der Waals surface area contributed by atoms with Crippen LogP contribution in [0, 0.1) is 21.4 Å². The minimum atomic E-state index is -0.392. The minimum absolute atomic E-state index is 0.00377. The highest BCUT2D eigenvalue weighted by Gasteiger charge is 2.37. The second kappa shape index (κ2) is 5.23. The maximum atomic E-state index is 12.2. The van der Waals surface area contributed by atoms with E-state index in [4.69, 9.17) is 0 Å². The van der Waals surface area contributed by atoms with Crippen LogP contribution in [0.5, 0.6) is 0 Å². The number of likely N-dealkylation sites (tertiary alicyclic amines) is 1. The van der Waals surface area contributed by atoms with E-state index in [1.54, 1.807) is 23.1 Å². The number of hydrogen-bond acceptors (Lipinski definition) is 3. The van der Waals surface area contributed by atoms with Crippen LogP contribution < -0.4 is 0 Å². The molecule has 1 aliphatic heterocycles. The molecule has 1 fully saturated rings. The summed E-state index contributed by atoms with van der Waals surface area (Å²) < 4.78 is 0. The molecule has 0 radical (unpaired) electrons. The van der Waals surface area contributed by atoms with Crippen molar-refractivity contribution in [2.75, 3.05) is 6.54 Å². The Balaban J connectivity index is 2.19. The molecule has 1 aromatic carbocycles. The summed E-state index contributed by atoms with van der Waals surface area (Å²) in [7, 11) is 0. The van der Waals surface area contributed by atoms with Crippen LogP contribution in [0.3, 0.4) is 0 Å². The van der Waals surface area contributed by atoms with Crippen molar-refractivity contribution in [3.63, 3.8) is 0 Å². The van der Waals surface area contributed by atoms with Gasteiger partial charge >= 0.3 is 0 Å². The first-order chi connectivity index (χ1) is 9.31. The van der Waals surface area contributed by atoms with Gasteiger partial charge in [0.05, 0.1) is 11.5 Å². The topological polar surface area (TPSA) is 63.4 Å². The Morgan fingerprint density at radius 2 is 2.05 bits per heavy atom. The quantitative estimate of drug-likeness (QED) is 0.629. The first kappa shape index (κ1) is 14.5. The molecule has 0 aliphatic carbocycles. The van der Waals surface area contributed by atoms with E-state index >= 15 is 0 Å². The van der Waals surface area contributed by atoms with Gasteiger partial charge in [0.1, 0.15) is 0 Å². The third-order valence-electron chi connectivity index (χ3n) is 4.34. The standard InChI is InChI=1S/C15H20N2O3/c1-11-9-16(14(18)8-15(11,2)3)10-12-6-4-5-7-13(12)17(19)20/h4-7,11H,8-10H2,1-3H3. The smallest absolute Gasteiger partial charge is 0.274 e. The van der Waals surface area contributed by atoms with Crippen LogP contribution in [-0.4, -0.2) is 22.3 Å². The van der Waals surface area contributed by atoms with Gasteiger partial charge in [0.2, 0.25) is 5.91 Å². The molecule has 0 aromatic heterocycles. The number of hydrogen-bond donors (Lipinski definition) is 0. The lowest BCUT2D eigenvalue weighted by Gasteiger charge is -2.41. The first-order valence-electron chi connectivity index (χ1n) is 6.81. The molecule has 20 heavy (non-hydrogen) atoms. The van der Waals surface area contributed by atoms with E-state index < -0.39 is 4.92 Å². The fourth-order valence-corrected chi connectivity index (χ4v) is 2.54. The summed E-state index contributed by atoms with van der Waals surface area (Å²) in [5.74, 6) is 0.453. The number of piperidine rings is 1. The molecule has 0 N–H and O–H groups in total. The molecule has 1 unspecified atom stereocenters. The Morgan fingerprint density at radius 3 is 2.70 bits per heavy atom. The molecule has 1 atom stereocenters. The number of nitrogens with zero attached hydrogens (tertiary/aromatic N) is 2. The van der Waals surface area contributed by atoms with Crippen molar-refractivity contribution in [1.82, 2.24) is 4.90 Å². The van der Waals surface area contributed by atoms with Crippen molar-refractivity contribution in [1.29, 1.82) is 0 Å². The average Bonchev–Trinajstić information content (AvgIpc) is 2.36. The molecule has 1 saturated heterocycles. The monoisotopic (exact) mass is 276 g/mol. The van der Waals surface area contributed by atoms with Crippen molar-refractivity contribution < 1.29 is 9.72 Å². The zero-order chi connectivity index (χ0) is 14.9. The third kappa shape index (κ3) is 2.81. The summed E-state index contributed by atoms with van der Waals surface area (Å²) in [6.45, 7) is 7.28. The molecule has 1 amide bonds. The molecule has 1 heterocycles. The highest BCUT2D eigenvalue weighted by molar-refractivity contribution is 5.78. The second-order valence-electron chi connectivity index (χ2n) is 6.23. The fraction of sp³-hybridized carbons (Fsp3) is 0.533. The van der Waals surface area contributed by atoms with Gasteiger partial charge < -0.3 is 4.90 Å². The van der Waals surface area contributed by atoms with E-state index in [9.17, 15) is 14.9 Å². The van der Waals surface area contributed by atoms with Crippen LogP contribution in [0.4, 0.5) is 5.69 Å².